The van der Waals surface area contributed by atoms with Gasteiger partial charge in [-0.05, 0) is 63.9 Å². The zero-order valence-electron chi connectivity index (χ0n) is 20.1. The minimum atomic E-state index is -0.546. The van der Waals surface area contributed by atoms with Crippen molar-refractivity contribution >= 4 is 18.0 Å². The molecule has 2 amide bonds. The Balaban J connectivity index is 1.43. The molecule has 0 radical (unpaired) electrons. The number of hydrogen-bond acceptors (Lipinski definition) is 5. The van der Waals surface area contributed by atoms with Gasteiger partial charge in [0, 0.05) is 18.5 Å². The van der Waals surface area contributed by atoms with Crippen molar-refractivity contribution in [3.8, 4) is 0 Å². The molecule has 2 N–H and O–H groups in total. The molecule has 0 saturated heterocycles. The first-order chi connectivity index (χ1) is 15.7. The van der Waals surface area contributed by atoms with Crippen LogP contribution in [0.4, 0.5) is 4.79 Å². The normalized spacial score (nSPS) is 24.8. The second kappa shape index (κ2) is 11.5. The maximum absolute atomic E-state index is 12.8. The van der Waals surface area contributed by atoms with Gasteiger partial charge in [-0.3, -0.25) is 9.59 Å². The van der Waals surface area contributed by atoms with E-state index in [1.54, 1.807) is 0 Å². The van der Waals surface area contributed by atoms with Crippen LogP contribution in [-0.2, 0) is 25.7 Å². The summed E-state index contributed by atoms with van der Waals surface area (Å²) >= 11 is 0. The van der Waals surface area contributed by atoms with Crippen LogP contribution in [0.15, 0.2) is 30.3 Å². The summed E-state index contributed by atoms with van der Waals surface area (Å²) in [6.45, 7) is 5.78. The Labute approximate surface area is 197 Å². The topological polar surface area (TPSA) is 93.7 Å². The molecule has 7 nitrogen and oxygen atoms in total. The zero-order valence-corrected chi connectivity index (χ0v) is 20.1. The summed E-state index contributed by atoms with van der Waals surface area (Å²) in [7, 11) is 0. The van der Waals surface area contributed by atoms with Gasteiger partial charge in [0.15, 0.2) is 0 Å². The summed E-state index contributed by atoms with van der Waals surface area (Å²) in [5.74, 6) is -0.0143. The van der Waals surface area contributed by atoms with Crippen LogP contribution in [-0.4, -0.2) is 35.7 Å². The molecule has 2 aliphatic carbocycles. The molecule has 33 heavy (non-hydrogen) atoms. The Morgan fingerprint density at radius 1 is 0.879 bits per heavy atom. The molecular weight excluding hydrogens is 420 g/mol. The third kappa shape index (κ3) is 8.37. The van der Waals surface area contributed by atoms with Gasteiger partial charge in [-0.25, -0.2) is 4.79 Å². The Hall–Kier alpha value is -2.57. The highest BCUT2D eigenvalue weighted by atomic mass is 16.6. The maximum Gasteiger partial charge on any atom is 0.407 e. The quantitative estimate of drug-likeness (QED) is 0.560. The molecule has 0 bridgehead atoms. The second-order valence-electron chi connectivity index (χ2n) is 10.4. The van der Waals surface area contributed by atoms with E-state index in [1.807, 2.05) is 51.1 Å². The van der Waals surface area contributed by atoms with E-state index in [1.165, 1.54) is 0 Å². The van der Waals surface area contributed by atoms with E-state index in [0.29, 0.717) is 12.8 Å². The molecule has 0 unspecified atom stereocenters. The molecule has 2 saturated carbocycles. The Morgan fingerprint density at radius 2 is 1.48 bits per heavy atom. The molecule has 2 aliphatic rings. The summed E-state index contributed by atoms with van der Waals surface area (Å²) in [5.41, 5.74) is 0.420. The largest absolute Gasteiger partial charge is 0.461 e. The second-order valence-corrected chi connectivity index (χ2v) is 10.4. The number of rotatable bonds is 8. The van der Waals surface area contributed by atoms with Crippen LogP contribution in [0.1, 0.15) is 77.7 Å². The molecule has 1 aromatic rings. The van der Waals surface area contributed by atoms with Crippen LogP contribution in [0, 0.1) is 11.8 Å². The first-order valence-corrected chi connectivity index (χ1v) is 12.2. The highest BCUT2D eigenvalue weighted by Gasteiger charge is 2.34. The van der Waals surface area contributed by atoms with Gasteiger partial charge in [0.25, 0.3) is 0 Å². The van der Waals surface area contributed by atoms with Crippen molar-refractivity contribution in [2.24, 2.45) is 11.8 Å². The lowest BCUT2D eigenvalue weighted by molar-refractivity contribution is -0.146. The first-order valence-electron chi connectivity index (χ1n) is 12.2. The fraction of sp³-hybridized carbons (Fsp3) is 0.654. The number of hydrogen-bond donors (Lipinski definition) is 2. The summed E-state index contributed by atoms with van der Waals surface area (Å²) in [5, 5.41) is 6.10. The van der Waals surface area contributed by atoms with E-state index < -0.39 is 11.7 Å². The summed E-state index contributed by atoms with van der Waals surface area (Å²) in [6.07, 6.45) is 5.82. The number of alkyl carbamates (subject to hydrolysis) is 1. The average Bonchev–Trinajstić information content (AvgIpc) is 3.35. The highest BCUT2D eigenvalue weighted by molar-refractivity contribution is 5.77. The third-order valence-electron chi connectivity index (χ3n) is 6.49. The number of carbonyl (C=O) groups is 3. The maximum atomic E-state index is 12.8. The molecule has 0 heterocycles. The molecule has 4 atom stereocenters. The Kier molecular flexibility index (Phi) is 8.75. The van der Waals surface area contributed by atoms with Gasteiger partial charge in [0.2, 0.25) is 5.91 Å². The van der Waals surface area contributed by atoms with Crippen molar-refractivity contribution in [2.75, 3.05) is 0 Å². The van der Waals surface area contributed by atoms with Gasteiger partial charge in [-0.15, -0.1) is 0 Å². The third-order valence-corrected chi connectivity index (χ3v) is 6.49. The Bertz CT molecular complexity index is 805. The fourth-order valence-electron chi connectivity index (χ4n) is 4.92. The van der Waals surface area contributed by atoms with E-state index in [2.05, 4.69) is 10.6 Å². The number of nitrogens with one attached hydrogen (secondary N) is 2. The summed E-state index contributed by atoms with van der Waals surface area (Å²) in [4.78, 5) is 37.3. The summed E-state index contributed by atoms with van der Waals surface area (Å²) < 4.78 is 10.8. The molecule has 3 rings (SSSR count). The highest BCUT2D eigenvalue weighted by Crippen LogP contribution is 2.31. The van der Waals surface area contributed by atoms with Crippen LogP contribution in [0.5, 0.6) is 0 Å². The van der Waals surface area contributed by atoms with E-state index in [9.17, 15) is 14.4 Å². The minimum absolute atomic E-state index is 0.000411. The van der Waals surface area contributed by atoms with Crippen molar-refractivity contribution in [3.63, 3.8) is 0 Å². The Morgan fingerprint density at radius 3 is 2.12 bits per heavy atom. The lowest BCUT2D eigenvalue weighted by Crippen LogP contribution is -2.43. The fourth-order valence-corrected chi connectivity index (χ4v) is 4.92. The molecule has 7 heteroatoms. The minimum Gasteiger partial charge on any atom is -0.461 e. The molecular formula is C26H38N2O5. The molecule has 182 valence electrons. The van der Waals surface area contributed by atoms with Gasteiger partial charge in [0.1, 0.15) is 12.2 Å². The van der Waals surface area contributed by atoms with Gasteiger partial charge in [-0.2, -0.15) is 0 Å². The van der Waals surface area contributed by atoms with E-state index >= 15 is 0 Å². The van der Waals surface area contributed by atoms with Crippen LogP contribution in [0.3, 0.4) is 0 Å². The lowest BCUT2D eigenvalue weighted by atomic mass is 9.96. The first kappa shape index (κ1) is 25.1. The zero-order chi connectivity index (χ0) is 23.8. The van der Waals surface area contributed by atoms with Crippen molar-refractivity contribution in [1.29, 1.82) is 0 Å². The number of ether oxygens (including phenoxy) is 2. The summed E-state index contributed by atoms with van der Waals surface area (Å²) in [6, 6.07) is 9.59. The van der Waals surface area contributed by atoms with Crippen LogP contribution < -0.4 is 10.6 Å². The predicted octanol–water partition coefficient (Wildman–Crippen LogP) is 4.49. The lowest BCUT2D eigenvalue weighted by Gasteiger charge is -2.25. The SMILES string of the molecule is CC(C)(C)OC(=O)N[C@H]1CCC[C@@H]1CC(=O)N[C@H]1CCC[C@@H]1CC(=O)OCc1ccccc1. The standard InChI is InChI=1S/C26H38N2O5/c1-26(2,3)33-25(31)28-22-14-7-11-19(22)15-23(29)27-21-13-8-12-20(21)16-24(30)32-17-18-9-5-4-6-10-18/h4-6,9-10,19-22H,7-8,11-17H2,1-3H3,(H,27,29)(H,28,31)/t19-,20-,21+,22+/m1/s1. The van der Waals surface area contributed by atoms with Crippen LogP contribution in [0.25, 0.3) is 0 Å². The molecule has 0 aliphatic heterocycles. The van der Waals surface area contributed by atoms with Crippen molar-refractivity contribution in [1.82, 2.24) is 10.6 Å². The van der Waals surface area contributed by atoms with Gasteiger partial charge >= 0.3 is 12.1 Å². The van der Waals surface area contributed by atoms with Crippen molar-refractivity contribution < 1.29 is 23.9 Å². The molecule has 2 fully saturated rings. The smallest absolute Gasteiger partial charge is 0.407 e. The molecule has 1 aromatic carbocycles. The number of esters is 1. The van der Waals surface area contributed by atoms with Gasteiger partial charge in [0.05, 0.1) is 6.42 Å². The average molecular weight is 459 g/mol. The predicted molar refractivity (Wildman–Crippen MR) is 125 cm³/mol. The van der Waals surface area contributed by atoms with E-state index in [-0.39, 0.29) is 42.4 Å². The van der Waals surface area contributed by atoms with E-state index in [0.717, 1.165) is 44.1 Å². The molecule has 0 aromatic heterocycles. The van der Waals surface area contributed by atoms with Crippen molar-refractivity contribution in [2.45, 2.75) is 96.4 Å². The monoisotopic (exact) mass is 458 g/mol. The van der Waals surface area contributed by atoms with Gasteiger partial charge < -0.3 is 20.1 Å². The molecule has 0 spiro atoms. The van der Waals surface area contributed by atoms with Crippen LogP contribution in [0.2, 0.25) is 0 Å². The van der Waals surface area contributed by atoms with Gasteiger partial charge in [-0.1, -0.05) is 43.2 Å². The van der Waals surface area contributed by atoms with Crippen molar-refractivity contribution in [3.05, 3.63) is 35.9 Å². The number of carbonyl (C=O) groups excluding carboxylic acids is 3. The van der Waals surface area contributed by atoms with Crippen LogP contribution >= 0.6 is 0 Å². The number of amides is 2. The number of benzene rings is 1. The van der Waals surface area contributed by atoms with E-state index in [4.69, 9.17) is 9.47 Å².